The molecule has 0 aromatic carbocycles. The van der Waals surface area contributed by atoms with Crippen molar-refractivity contribution in [2.45, 2.75) is 59.0 Å². The highest BCUT2D eigenvalue weighted by molar-refractivity contribution is 5.95. The van der Waals surface area contributed by atoms with Crippen molar-refractivity contribution >= 4 is 5.78 Å². The van der Waals surface area contributed by atoms with E-state index in [4.69, 9.17) is 0 Å². The van der Waals surface area contributed by atoms with Crippen LogP contribution < -0.4 is 0 Å². The van der Waals surface area contributed by atoms with Gasteiger partial charge in [0.05, 0.1) is 0 Å². The van der Waals surface area contributed by atoms with E-state index in [9.17, 15) is 9.90 Å². The summed E-state index contributed by atoms with van der Waals surface area (Å²) in [5.74, 6) is 5.55. The Morgan fingerprint density at radius 2 is 2.00 bits per heavy atom. The SMILES string of the molecule is CCCC#CC(C)(O)/C(=C/CCC)C(C)=O. The van der Waals surface area contributed by atoms with Crippen LogP contribution in [0.2, 0.25) is 0 Å². The zero-order chi connectivity index (χ0) is 12.6. The molecule has 0 aliphatic rings. The van der Waals surface area contributed by atoms with Gasteiger partial charge in [0, 0.05) is 12.0 Å². The van der Waals surface area contributed by atoms with Crippen LogP contribution in [0, 0.1) is 11.8 Å². The first kappa shape index (κ1) is 14.9. The van der Waals surface area contributed by atoms with Crippen molar-refractivity contribution in [3.8, 4) is 11.8 Å². The van der Waals surface area contributed by atoms with Crippen LogP contribution in [0.15, 0.2) is 11.6 Å². The van der Waals surface area contributed by atoms with Gasteiger partial charge in [0.15, 0.2) is 11.4 Å². The van der Waals surface area contributed by atoms with E-state index in [1.54, 1.807) is 13.0 Å². The second-order valence-electron chi connectivity index (χ2n) is 4.09. The van der Waals surface area contributed by atoms with Crippen molar-refractivity contribution in [1.82, 2.24) is 0 Å². The van der Waals surface area contributed by atoms with Crippen molar-refractivity contribution < 1.29 is 9.90 Å². The Morgan fingerprint density at radius 1 is 1.38 bits per heavy atom. The summed E-state index contributed by atoms with van der Waals surface area (Å²) in [5, 5.41) is 10.1. The van der Waals surface area contributed by atoms with E-state index in [1.165, 1.54) is 6.92 Å². The molecule has 90 valence electrons. The first-order chi connectivity index (χ1) is 7.45. The maximum Gasteiger partial charge on any atom is 0.159 e. The van der Waals surface area contributed by atoms with Crippen LogP contribution in [0.1, 0.15) is 53.4 Å². The van der Waals surface area contributed by atoms with Crippen LogP contribution >= 0.6 is 0 Å². The first-order valence-corrected chi connectivity index (χ1v) is 5.89. The zero-order valence-electron chi connectivity index (χ0n) is 10.8. The van der Waals surface area contributed by atoms with Gasteiger partial charge in [-0.2, -0.15) is 0 Å². The van der Waals surface area contributed by atoms with E-state index in [0.29, 0.717) is 5.57 Å². The number of aliphatic hydroxyl groups is 1. The molecule has 0 amide bonds. The molecule has 0 saturated carbocycles. The average Bonchev–Trinajstić information content (AvgIpc) is 2.17. The molecule has 0 aliphatic heterocycles. The highest BCUT2D eigenvalue weighted by Gasteiger charge is 2.26. The Bertz CT molecular complexity index is 313. The van der Waals surface area contributed by atoms with Crippen molar-refractivity contribution in [2.75, 3.05) is 0 Å². The van der Waals surface area contributed by atoms with Gasteiger partial charge in [-0.15, -0.1) is 0 Å². The highest BCUT2D eigenvalue weighted by Crippen LogP contribution is 2.18. The molecule has 0 rings (SSSR count). The number of allylic oxidation sites excluding steroid dienone is 1. The third-order valence-corrected chi connectivity index (χ3v) is 2.25. The molecule has 16 heavy (non-hydrogen) atoms. The number of rotatable bonds is 5. The topological polar surface area (TPSA) is 37.3 Å². The average molecular weight is 222 g/mol. The van der Waals surface area contributed by atoms with Gasteiger partial charge in [-0.05, 0) is 26.7 Å². The monoisotopic (exact) mass is 222 g/mol. The van der Waals surface area contributed by atoms with Gasteiger partial charge in [-0.25, -0.2) is 0 Å². The molecule has 0 bridgehead atoms. The molecule has 0 aliphatic carbocycles. The van der Waals surface area contributed by atoms with Crippen LogP contribution in [-0.2, 0) is 4.79 Å². The van der Waals surface area contributed by atoms with Crippen LogP contribution in [0.25, 0.3) is 0 Å². The maximum absolute atomic E-state index is 11.4. The molecule has 0 heterocycles. The quantitative estimate of drug-likeness (QED) is 0.573. The summed E-state index contributed by atoms with van der Waals surface area (Å²) in [6, 6.07) is 0. The zero-order valence-corrected chi connectivity index (χ0v) is 10.8. The van der Waals surface area contributed by atoms with Gasteiger partial charge in [0.2, 0.25) is 0 Å². The smallest absolute Gasteiger partial charge is 0.159 e. The molecule has 0 spiro atoms. The Kier molecular flexibility index (Phi) is 6.76. The maximum atomic E-state index is 11.4. The highest BCUT2D eigenvalue weighted by atomic mass is 16.3. The lowest BCUT2D eigenvalue weighted by Crippen LogP contribution is -2.28. The Morgan fingerprint density at radius 3 is 2.44 bits per heavy atom. The minimum atomic E-state index is -1.31. The lowest BCUT2D eigenvalue weighted by atomic mass is 9.92. The van der Waals surface area contributed by atoms with Gasteiger partial charge in [0.25, 0.3) is 0 Å². The van der Waals surface area contributed by atoms with Crippen molar-refractivity contribution in [2.24, 2.45) is 0 Å². The molecule has 2 nitrogen and oxygen atoms in total. The van der Waals surface area contributed by atoms with E-state index in [1.807, 2.05) is 13.8 Å². The number of ketones is 1. The van der Waals surface area contributed by atoms with E-state index in [-0.39, 0.29) is 5.78 Å². The lowest BCUT2D eigenvalue weighted by molar-refractivity contribution is -0.115. The van der Waals surface area contributed by atoms with Crippen molar-refractivity contribution in [3.05, 3.63) is 11.6 Å². The molecule has 1 atom stereocenters. The van der Waals surface area contributed by atoms with Crippen LogP contribution in [-0.4, -0.2) is 16.5 Å². The van der Waals surface area contributed by atoms with E-state index in [0.717, 1.165) is 25.7 Å². The molecule has 1 N–H and O–H groups in total. The van der Waals surface area contributed by atoms with Gasteiger partial charge in [-0.3, -0.25) is 4.79 Å². The normalized spacial score (nSPS) is 14.9. The molecular formula is C14H22O2. The van der Waals surface area contributed by atoms with E-state index < -0.39 is 5.60 Å². The molecule has 1 unspecified atom stereocenters. The summed E-state index contributed by atoms with van der Waals surface area (Å²) in [7, 11) is 0. The summed E-state index contributed by atoms with van der Waals surface area (Å²) in [6.07, 6.45) is 5.24. The van der Waals surface area contributed by atoms with Crippen LogP contribution in [0.3, 0.4) is 0 Å². The standard InChI is InChI=1S/C14H22O2/c1-5-7-9-11-14(4,16)13(12(3)15)10-8-6-2/h10,16H,5-8H2,1-4H3/b13-10+. The Labute approximate surface area is 98.7 Å². The third-order valence-electron chi connectivity index (χ3n) is 2.25. The third kappa shape index (κ3) is 5.14. The fraction of sp³-hybridized carbons (Fsp3) is 0.643. The fourth-order valence-corrected chi connectivity index (χ4v) is 1.40. The summed E-state index contributed by atoms with van der Waals surface area (Å²) >= 11 is 0. The van der Waals surface area contributed by atoms with Crippen LogP contribution in [0.5, 0.6) is 0 Å². The van der Waals surface area contributed by atoms with E-state index in [2.05, 4.69) is 11.8 Å². The predicted molar refractivity (Wildman–Crippen MR) is 67.0 cm³/mol. The Hall–Kier alpha value is -1.07. The summed E-state index contributed by atoms with van der Waals surface area (Å²) < 4.78 is 0. The second kappa shape index (κ2) is 7.24. The van der Waals surface area contributed by atoms with Gasteiger partial charge in [-0.1, -0.05) is 38.2 Å². The second-order valence-corrected chi connectivity index (χ2v) is 4.09. The molecule has 0 radical (unpaired) electrons. The largest absolute Gasteiger partial charge is 0.374 e. The fourth-order valence-electron chi connectivity index (χ4n) is 1.40. The minimum absolute atomic E-state index is 0.107. The number of unbranched alkanes of at least 4 members (excludes halogenated alkanes) is 2. The minimum Gasteiger partial charge on any atom is -0.374 e. The predicted octanol–water partition coefficient (Wildman–Crippen LogP) is 2.86. The Balaban J connectivity index is 4.92. The first-order valence-electron chi connectivity index (χ1n) is 5.89. The summed E-state index contributed by atoms with van der Waals surface area (Å²) in [6.45, 7) is 7.12. The lowest BCUT2D eigenvalue weighted by Gasteiger charge is -2.18. The molecule has 0 saturated heterocycles. The van der Waals surface area contributed by atoms with E-state index >= 15 is 0 Å². The van der Waals surface area contributed by atoms with Crippen LogP contribution in [0.4, 0.5) is 0 Å². The number of hydrogen-bond acceptors (Lipinski definition) is 2. The molecule has 0 fully saturated rings. The number of hydrogen-bond donors (Lipinski definition) is 1. The number of carbonyl (C=O) groups is 1. The molecule has 2 heteroatoms. The molecular weight excluding hydrogens is 200 g/mol. The van der Waals surface area contributed by atoms with Crippen molar-refractivity contribution in [3.63, 3.8) is 0 Å². The number of carbonyl (C=O) groups excluding carboxylic acids is 1. The molecule has 0 aromatic heterocycles. The summed E-state index contributed by atoms with van der Waals surface area (Å²) in [5.41, 5.74) is -0.895. The summed E-state index contributed by atoms with van der Waals surface area (Å²) in [4.78, 5) is 11.4. The van der Waals surface area contributed by atoms with Crippen molar-refractivity contribution in [1.29, 1.82) is 0 Å². The van der Waals surface area contributed by atoms with Gasteiger partial charge in [0.1, 0.15) is 0 Å². The van der Waals surface area contributed by atoms with Gasteiger partial charge < -0.3 is 5.11 Å². The van der Waals surface area contributed by atoms with Gasteiger partial charge >= 0.3 is 0 Å². The molecule has 0 aromatic rings. The number of Topliss-reactive ketones (excluding diaryl/α,β-unsaturated/α-hetero) is 1.